The average Bonchev–Trinajstić information content (AvgIpc) is 3.62. The molecular weight excluding hydrogens is 696 g/mol. The Kier molecular flexibility index (Phi) is 6.27. The molecule has 0 aromatic rings. The van der Waals surface area contributed by atoms with E-state index in [-0.39, 0.29) is 12.8 Å². The summed E-state index contributed by atoms with van der Waals surface area (Å²) in [6.07, 6.45) is -9.02. The summed E-state index contributed by atoms with van der Waals surface area (Å²) >= 11 is 0.553. The first kappa shape index (κ1) is 26.0. The Balaban J connectivity index is 1.52. The van der Waals surface area contributed by atoms with Gasteiger partial charge in [0.05, 0.1) is 0 Å². The Morgan fingerprint density at radius 3 is 1.65 bits per heavy atom. The molecule has 5 fully saturated rings. The predicted molar refractivity (Wildman–Crippen MR) is 127 cm³/mol. The summed E-state index contributed by atoms with van der Waals surface area (Å²) in [7, 11) is 0. The van der Waals surface area contributed by atoms with Gasteiger partial charge in [-0.25, -0.2) is 0 Å². The molecular formula is C21H28F6I2N2O3. The fourth-order valence-electron chi connectivity index (χ4n) is 7.01. The van der Waals surface area contributed by atoms with Crippen LogP contribution < -0.4 is 7.06 Å². The van der Waals surface area contributed by atoms with Crippen LogP contribution in [-0.4, -0.2) is 42.2 Å². The quantitative estimate of drug-likeness (QED) is 0.0690. The van der Waals surface area contributed by atoms with Gasteiger partial charge in [-0.15, -0.1) is 0 Å². The average molecular weight is 724 g/mol. The van der Waals surface area contributed by atoms with E-state index in [0.29, 0.717) is 38.5 Å². The maximum absolute atomic E-state index is 14.0. The van der Waals surface area contributed by atoms with Gasteiger partial charge in [0.15, 0.2) is 0 Å². The molecule has 196 valence electrons. The summed E-state index contributed by atoms with van der Waals surface area (Å²) in [4.78, 5) is 13.3. The zero-order valence-corrected chi connectivity index (χ0v) is 22.7. The second kappa shape index (κ2) is 8.19. The molecule has 3 aliphatic carbocycles. The summed E-state index contributed by atoms with van der Waals surface area (Å²) in [5.41, 5.74) is -4.78. The van der Waals surface area contributed by atoms with E-state index in [9.17, 15) is 36.2 Å². The molecule has 0 bridgehead atoms. The molecule has 2 saturated heterocycles. The number of halogens is 8. The number of carbonyl (C=O) groups is 1. The Hall–Kier alpha value is 0.390. The Morgan fingerprint density at radius 2 is 1.29 bits per heavy atom. The van der Waals surface area contributed by atoms with Crippen LogP contribution >= 0.6 is 43.0 Å². The molecule has 5 atom stereocenters. The number of rotatable bonds is 4. The topological polar surface area (TPSA) is 90.4 Å². The van der Waals surface area contributed by atoms with Crippen LogP contribution in [0.2, 0.25) is 0 Å². The number of hydrogen-bond donors (Lipinski definition) is 3. The van der Waals surface area contributed by atoms with Crippen molar-refractivity contribution in [1.82, 2.24) is 7.06 Å². The number of nitrogens with one attached hydrogen (secondary N) is 2. The van der Waals surface area contributed by atoms with Gasteiger partial charge in [-0.3, -0.25) is 0 Å². The minimum atomic E-state index is -5.85. The van der Waals surface area contributed by atoms with Crippen molar-refractivity contribution in [1.29, 1.82) is 0 Å². The van der Waals surface area contributed by atoms with E-state index in [1.54, 1.807) is 6.92 Å². The molecule has 0 radical (unpaired) electrons. The van der Waals surface area contributed by atoms with Gasteiger partial charge < -0.3 is 0 Å². The third-order valence-corrected chi connectivity index (χ3v) is 15.9. The van der Waals surface area contributed by atoms with Crippen molar-refractivity contribution in [3.63, 3.8) is 0 Å². The molecule has 13 heteroatoms. The molecule has 0 amide bonds. The summed E-state index contributed by atoms with van der Waals surface area (Å²) < 4.78 is 95.6. The van der Waals surface area contributed by atoms with E-state index in [1.165, 1.54) is 0 Å². The number of fused-ring (bicyclic) bond motifs is 3. The van der Waals surface area contributed by atoms with Crippen molar-refractivity contribution in [2.45, 2.75) is 89.4 Å². The van der Waals surface area contributed by atoms with E-state index in [0.717, 1.165) is 0 Å². The molecule has 3 N–H and O–H groups in total. The molecule has 5 unspecified atom stereocenters. The molecule has 5 aliphatic rings. The van der Waals surface area contributed by atoms with Gasteiger partial charge >= 0.3 is 216 Å². The molecule has 5 nitrogen and oxygen atoms in total. The van der Waals surface area contributed by atoms with Gasteiger partial charge in [-0.2, -0.15) is 0 Å². The zero-order valence-electron chi connectivity index (χ0n) is 18.4. The molecule has 3 saturated carbocycles. The van der Waals surface area contributed by atoms with Crippen LogP contribution in [0.15, 0.2) is 0 Å². The summed E-state index contributed by atoms with van der Waals surface area (Å²) in [6, 6.07) is 0. The van der Waals surface area contributed by atoms with Gasteiger partial charge in [-0.1, -0.05) is 0 Å². The van der Waals surface area contributed by atoms with Gasteiger partial charge in [0.1, 0.15) is 0 Å². The van der Waals surface area contributed by atoms with Crippen LogP contribution in [0.5, 0.6) is 0 Å². The Bertz CT molecular complexity index is 809. The second-order valence-corrected chi connectivity index (χ2v) is 17.0. The Morgan fingerprint density at radius 1 is 0.912 bits per heavy atom. The maximum atomic E-state index is 14.0. The first-order chi connectivity index (χ1) is 15.7. The van der Waals surface area contributed by atoms with Crippen molar-refractivity contribution < 1.29 is 41.0 Å². The molecule has 0 spiro atoms. The normalized spacial score (nSPS) is 39.7. The van der Waals surface area contributed by atoms with E-state index >= 15 is 0 Å². The van der Waals surface area contributed by atoms with Gasteiger partial charge in [0.25, 0.3) is 0 Å². The van der Waals surface area contributed by atoms with Crippen LogP contribution in [0.1, 0.15) is 58.3 Å². The minimum absolute atomic E-state index is 0.158. The standard InChI is InChI=1S/C21H28F6I2N2O3/c1-17(28,21-29(30-21)31-21)16(32)34-15-12-8-4-2-6-10(12)14(11-7-3-5-9-13(11)15)18(33,19(22,23)24)20(25,26)27/h10-15,30-31,33H,2-9H2,1H3. The third kappa shape index (κ3) is 3.66. The van der Waals surface area contributed by atoms with Gasteiger partial charge in [0, 0.05) is 0 Å². The van der Waals surface area contributed by atoms with Gasteiger partial charge in [-0.05, 0) is 0 Å². The van der Waals surface area contributed by atoms with E-state index in [4.69, 9.17) is 4.74 Å². The number of alkyl halides is 8. The van der Waals surface area contributed by atoms with Crippen LogP contribution in [0.3, 0.4) is 0 Å². The molecule has 0 aromatic carbocycles. The van der Waals surface area contributed by atoms with E-state index < -0.39 is 87.1 Å². The number of carbonyl (C=O) groups excluding carboxylic acids is 1. The first-order valence-corrected chi connectivity index (χ1v) is 16.0. The number of ether oxygens (including phenoxy) is 1. The fourth-order valence-corrected chi connectivity index (χ4v) is 14.8. The zero-order chi connectivity index (χ0) is 24.9. The summed E-state index contributed by atoms with van der Waals surface area (Å²) in [5, 5.41) is 10.5. The van der Waals surface area contributed by atoms with Crippen molar-refractivity contribution in [2.75, 3.05) is 0 Å². The molecule has 2 aliphatic heterocycles. The summed E-state index contributed by atoms with van der Waals surface area (Å²) in [6.45, 7) is 1.76. The van der Waals surface area contributed by atoms with Crippen molar-refractivity contribution in [3.8, 4) is 0 Å². The third-order valence-electron chi connectivity index (χ3n) is 8.80. The number of esters is 1. The van der Waals surface area contributed by atoms with E-state index in [2.05, 4.69) is 7.06 Å². The molecule has 5 rings (SSSR count). The van der Waals surface area contributed by atoms with Crippen molar-refractivity contribution in [2.24, 2.45) is 29.6 Å². The fraction of sp³-hybridized carbons (Fsp3) is 0.952. The Labute approximate surface area is 215 Å². The van der Waals surface area contributed by atoms with Crippen LogP contribution in [-0.2, 0) is 9.53 Å². The van der Waals surface area contributed by atoms with Crippen LogP contribution in [0.4, 0.5) is 26.3 Å². The van der Waals surface area contributed by atoms with Crippen LogP contribution in [0, 0.1) is 29.6 Å². The summed E-state index contributed by atoms with van der Waals surface area (Å²) in [5.74, 6) is -5.74. The van der Waals surface area contributed by atoms with E-state index in [1.807, 2.05) is 22.6 Å². The number of aliphatic hydroxyl groups is 1. The van der Waals surface area contributed by atoms with Gasteiger partial charge in [0.2, 0.25) is 0 Å². The van der Waals surface area contributed by atoms with Crippen molar-refractivity contribution in [3.05, 3.63) is 0 Å². The number of hydrogen-bond acceptors (Lipinski definition) is 5. The van der Waals surface area contributed by atoms with Crippen LogP contribution in [0.25, 0.3) is 0 Å². The molecule has 0 aromatic heterocycles. The molecule has 2 heterocycles. The second-order valence-electron chi connectivity index (χ2n) is 10.5. The predicted octanol–water partition coefficient (Wildman–Crippen LogP) is 5.39. The SMILES string of the molecule is CC(I)(C(=O)OC1C2CCCCC2C(C(O)(C(F)(F)F)C(F)(F)F)C2CCCCC21)C12NI1N2. The van der Waals surface area contributed by atoms with Crippen molar-refractivity contribution >= 4 is 48.9 Å². The molecule has 34 heavy (non-hydrogen) atoms. The first-order valence-electron chi connectivity index (χ1n) is 11.7. The monoisotopic (exact) mass is 724 g/mol.